The van der Waals surface area contributed by atoms with Crippen LogP contribution >= 0.6 is 0 Å². The fourth-order valence-electron chi connectivity index (χ4n) is 5.39. The predicted molar refractivity (Wildman–Crippen MR) is 136 cm³/mol. The van der Waals surface area contributed by atoms with E-state index in [1.807, 2.05) is 13.0 Å². The second-order valence-electron chi connectivity index (χ2n) is 10.0. The van der Waals surface area contributed by atoms with Crippen molar-refractivity contribution in [1.82, 2.24) is 0 Å². The highest BCUT2D eigenvalue weighted by Gasteiger charge is 2.27. The van der Waals surface area contributed by atoms with E-state index < -0.39 is 29.0 Å². The Hall–Kier alpha value is -3.08. The lowest BCUT2D eigenvalue weighted by atomic mass is 9.75. The van der Waals surface area contributed by atoms with Crippen LogP contribution in [0.15, 0.2) is 60.7 Å². The maximum atomic E-state index is 14.9. The highest BCUT2D eigenvalue weighted by molar-refractivity contribution is 5.91. The molecule has 0 heterocycles. The minimum atomic E-state index is -1.17. The largest absolute Gasteiger partial charge is 0.423 e. The van der Waals surface area contributed by atoms with Crippen LogP contribution in [-0.4, -0.2) is 5.97 Å². The van der Waals surface area contributed by atoms with Gasteiger partial charge >= 0.3 is 5.97 Å². The van der Waals surface area contributed by atoms with Crippen molar-refractivity contribution in [3.05, 3.63) is 100 Å². The molecule has 0 saturated heterocycles. The molecule has 0 bridgehead atoms. The lowest BCUT2D eigenvalue weighted by Gasteiger charge is -2.30. The van der Waals surface area contributed by atoms with Crippen LogP contribution in [0.25, 0.3) is 0 Å². The SMILES string of the molecule is CCCc1ccc(OC(=O)c2c(F)cc(C3CCC(C[C@@H](C)c4ccccc4)CC3)cc2F)cc1F. The molecule has 1 fully saturated rings. The van der Waals surface area contributed by atoms with Crippen LogP contribution in [0.4, 0.5) is 13.2 Å². The molecular weight excluding hydrogens is 461 g/mol. The minimum Gasteiger partial charge on any atom is -0.423 e. The predicted octanol–water partition coefficient (Wildman–Crippen LogP) is 8.74. The van der Waals surface area contributed by atoms with E-state index in [0.29, 0.717) is 29.4 Å². The Morgan fingerprint density at radius 3 is 2.19 bits per heavy atom. The van der Waals surface area contributed by atoms with E-state index >= 15 is 0 Å². The normalized spacial score (nSPS) is 18.6. The van der Waals surface area contributed by atoms with Crippen LogP contribution in [-0.2, 0) is 6.42 Å². The van der Waals surface area contributed by atoms with Crippen LogP contribution in [0.3, 0.4) is 0 Å². The van der Waals surface area contributed by atoms with Crippen molar-refractivity contribution in [3.8, 4) is 5.75 Å². The number of ether oxygens (including phenoxy) is 1. The molecule has 1 aliphatic rings. The summed E-state index contributed by atoms with van der Waals surface area (Å²) in [4.78, 5) is 12.5. The average Bonchev–Trinajstić information content (AvgIpc) is 2.86. The number of aryl methyl sites for hydroxylation is 1. The van der Waals surface area contributed by atoms with Crippen molar-refractivity contribution in [1.29, 1.82) is 0 Å². The standard InChI is InChI=1S/C31H33F3O2/c1-3-7-24-14-15-26(19-27(24)32)36-31(35)30-28(33)17-25(18-29(30)34)23-12-10-21(11-13-23)16-20(2)22-8-5-4-6-9-22/h4-6,8-9,14-15,17-21,23H,3,7,10-13,16H2,1-2H3/t20-,21?,23?/m1/s1. The fraction of sp³-hybridized carbons (Fsp3) is 0.387. The molecule has 1 saturated carbocycles. The van der Waals surface area contributed by atoms with Gasteiger partial charge in [0, 0.05) is 6.07 Å². The van der Waals surface area contributed by atoms with E-state index in [1.54, 1.807) is 0 Å². The Kier molecular flexibility index (Phi) is 8.50. The lowest BCUT2D eigenvalue weighted by molar-refractivity contribution is 0.0724. The number of carbonyl (C=O) groups is 1. The first-order chi connectivity index (χ1) is 17.4. The number of hydrogen-bond acceptors (Lipinski definition) is 2. The molecule has 1 aliphatic carbocycles. The second kappa shape index (κ2) is 11.8. The summed E-state index contributed by atoms with van der Waals surface area (Å²) in [6, 6.07) is 17.0. The van der Waals surface area contributed by atoms with Crippen molar-refractivity contribution >= 4 is 5.97 Å². The molecule has 3 aromatic rings. The van der Waals surface area contributed by atoms with Gasteiger partial charge in [0.2, 0.25) is 0 Å². The Labute approximate surface area is 211 Å². The van der Waals surface area contributed by atoms with Gasteiger partial charge < -0.3 is 4.74 Å². The van der Waals surface area contributed by atoms with E-state index in [9.17, 15) is 18.0 Å². The summed E-state index contributed by atoms with van der Waals surface area (Å²) in [6.45, 7) is 4.18. The Balaban J connectivity index is 1.38. The molecule has 1 atom stereocenters. The van der Waals surface area contributed by atoms with Crippen molar-refractivity contribution < 1.29 is 22.7 Å². The molecule has 4 rings (SSSR count). The first-order valence-corrected chi connectivity index (χ1v) is 12.9. The first-order valence-electron chi connectivity index (χ1n) is 12.9. The van der Waals surface area contributed by atoms with E-state index in [1.165, 1.54) is 29.8 Å². The van der Waals surface area contributed by atoms with Gasteiger partial charge in [0.05, 0.1) is 0 Å². The molecule has 0 amide bonds. The highest BCUT2D eigenvalue weighted by atomic mass is 19.1. The van der Waals surface area contributed by atoms with Gasteiger partial charge in [0.25, 0.3) is 0 Å². The number of carbonyl (C=O) groups excluding carboxylic acids is 1. The molecule has 0 radical (unpaired) electrons. The van der Waals surface area contributed by atoms with E-state index in [-0.39, 0.29) is 11.7 Å². The zero-order chi connectivity index (χ0) is 25.7. The molecular formula is C31H33F3O2. The first kappa shape index (κ1) is 26.0. The molecule has 0 N–H and O–H groups in total. The Morgan fingerprint density at radius 1 is 0.917 bits per heavy atom. The van der Waals surface area contributed by atoms with Crippen molar-refractivity contribution in [2.45, 2.75) is 70.6 Å². The monoisotopic (exact) mass is 494 g/mol. The summed E-state index contributed by atoms with van der Waals surface area (Å²) in [5.74, 6) is -2.53. The molecule has 0 unspecified atom stereocenters. The summed E-state index contributed by atoms with van der Waals surface area (Å²) < 4.78 is 49.0. The Bertz CT molecular complexity index is 1160. The number of halogens is 3. The summed E-state index contributed by atoms with van der Waals surface area (Å²) in [5.41, 5.74) is 1.67. The molecule has 0 aromatic heterocycles. The van der Waals surface area contributed by atoms with Gasteiger partial charge in [0.15, 0.2) is 0 Å². The number of rotatable bonds is 8. The zero-order valence-corrected chi connectivity index (χ0v) is 20.9. The van der Waals surface area contributed by atoms with Crippen molar-refractivity contribution in [2.75, 3.05) is 0 Å². The topological polar surface area (TPSA) is 26.3 Å². The average molecular weight is 495 g/mol. The quantitative estimate of drug-likeness (QED) is 0.231. The third-order valence-electron chi connectivity index (χ3n) is 7.40. The molecule has 2 nitrogen and oxygen atoms in total. The van der Waals surface area contributed by atoms with E-state index in [2.05, 4.69) is 31.2 Å². The number of benzene rings is 3. The molecule has 3 aromatic carbocycles. The molecule has 36 heavy (non-hydrogen) atoms. The van der Waals surface area contributed by atoms with Crippen LogP contribution in [0, 0.1) is 23.4 Å². The number of esters is 1. The Morgan fingerprint density at radius 2 is 1.58 bits per heavy atom. The molecule has 190 valence electrons. The van der Waals surface area contributed by atoms with Crippen LogP contribution in [0.5, 0.6) is 5.75 Å². The summed E-state index contributed by atoms with van der Waals surface area (Å²) >= 11 is 0. The zero-order valence-electron chi connectivity index (χ0n) is 20.9. The van der Waals surface area contributed by atoms with Crippen LogP contribution in [0.2, 0.25) is 0 Å². The fourth-order valence-corrected chi connectivity index (χ4v) is 5.39. The van der Waals surface area contributed by atoms with E-state index in [0.717, 1.165) is 44.6 Å². The van der Waals surface area contributed by atoms with E-state index in [4.69, 9.17) is 4.74 Å². The van der Waals surface area contributed by atoms with Gasteiger partial charge in [-0.2, -0.15) is 0 Å². The highest BCUT2D eigenvalue weighted by Crippen LogP contribution is 2.40. The number of hydrogen-bond donors (Lipinski definition) is 0. The molecule has 0 spiro atoms. The maximum Gasteiger partial charge on any atom is 0.349 e. The van der Waals surface area contributed by atoms with Crippen LogP contribution in [0.1, 0.15) is 91.3 Å². The third-order valence-corrected chi connectivity index (χ3v) is 7.40. The summed E-state index contributed by atoms with van der Waals surface area (Å²) in [7, 11) is 0. The smallest absolute Gasteiger partial charge is 0.349 e. The van der Waals surface area contributed by atoms with Gasteiger partial charge in [0.1, 0.15) is 28.8 Å². The van der Waals surface area contributed by atoms with Gasteiger partial charge in [-0.05, 0) is 91.2 Å². The van der Waals surface area contributed by atoms with Gasteiger partial charge in [-0.3, -0.25) is 0 Å². The van der Waals surface area contributed by atoms with Crippen molar-refractivity contribution in [2.24, 2.45) is 5.92 Å². The lowest BCUT2D eigenvalue weighted by Crippen LogP contribution is -2.17. The molecule has 0 aliphatic heterocycles. The van der Waals surface area contributed by atoms with Gasteiger partial charge in [-0.25, -0.2) is 18.0 Å². The summed E-state index contributed by atoms with van der Waals surface area (Å²) in [5, 5.41) is 0. The van der Waals surface area contributed by atoms with Crippen LogP contribution < -0.4 is 4.74 Å². The van der Waals surface area contributed by atoms with Crippen molar-refractivity contribution in [3.63, 3.8) is 0 Å². The molecule has 5 heteroatoms. The second-order valence-corrected chi connectivity index (χ2v) is 10.0. The third kappa shape index (κ3) is 6.18. The maximum absolute atomic E-state index is 14.9. The minimum absolute atomic E-state index is 0.0579. The van der Waals surface area contributed by atoms with Gasteiger partial charge in [-0.15, -0.1) is 0 Å². The van der Waals surface area contributed by atoms with Gasteiger partial charge in [-0.1, -0.05) is 56.7 Å². The summed E-state index contributed by atoms with van der Waals surface area (Å²) in [6.07, 6.45) is 6.16.